The summed E-state index contributed by atoms with van der Waals surface area (Å²) in [6.45, 7) is 5.11. The fraction of sp³-hybridized carbons (Fsp3) is 0.632. The molecule has 0 aliphatic carbocycles. The number of carbonyl (C=O) groups excluding carboxylic acids is 1. The molecule has 1 N–H and O–H groups in total. The Bertz CT molecular complexity index is 673. The molecule has 3 rings (SSSR count). The zero-order valence-corrected chi connectivity index (χ0v) is 16.4. The lowest BCUT2D eigenvalue weighted by molar-refractivity contribution is -0.137. The number of hydrogen-bond acceptors (Lipinski definition) is 4. The van der Waals surface area contributed by atoms with Gasteiger partial charge in [-0.25, -0.2) is 0 Å². The normalized spacial score (nSPS) is 22.2. The molecule has 2 fully saturated rings. The van der Waals surface area contributed by atoms with Crippen molar-refractivity contribution in [3.05, 3.63) is 28.8 Å². The van der Waals surface area contributed by atoms with Crippen molar-refractivity contribution in [3.8, 4) is 0 Å². The molecule has 156 valence electrons. The van der Waals surface area contributed by atoms with E-state index in [1.54, 1.807) is 0 Å². The van der Waals surface area contributed by atoms with Gasteiger partial charge in [-0.1, -0.05) is 11.6 Å². The van der Waals surface area contributed by atoms with E-state index in [1.165, 1.54) is 12.5 Å². The molecule has 1 aromatic rings. The van der Waals surface area contributed by atoms with Crippen LogP contribution in [0, 0.1) is 0 Å². The maximum Gasteiger partial charge on any atom is 0.417 e. The lowest BCUT2D eigenvalue weighted by Gasteiger charge is -2.36. The van der Waals surface area contributed by atoms with Crippen LogP contribution in [0.1, 0.15) is 24.8 Å². The molecule has 5 nitrogen and oxygen atoms in total. The Kier molecular flexibility index (Phi) is 7.20. The molecule has 1 aromatic carbocycles. The number of nitrogens with zero attached hydrogens (tertiary/aromatic N) is 2. The highest BCUT2D eigenvalue weighted by Crippen LogP contribution is 2.36. The number of alkyl halides is 3. The van der Waals surface area contributed by atoms with Crippen LogP contribution in [0.2, 0.25) is 5.02 Å². The van der Waals surface area contributed by atoms with Crippen LogP contribution in [0.4, 0.5) is 18.9 Å². The minimum absolute atomic E-state index is 0.0924. The van der Waals surface area contributed by atoms with Crippen LogP contribution < -0.4 is 5.32 Å². The van der Waals surface area contributed by atoms with Crippen LogP contribution in [0.5, 0.6) is 0 Å². The summed E-state index contributed by atoms with van der Waals surface area (Å²) < 4.78 is 44.5. The van der Waals surface area contributed by atoms with Crippen molar-refractivity contribution in [1.82, 2.24) is 9.80 Å². The summed E-state index contributed by atoms with van der Waals surface area (Å²) in [6.07, 6.45) is -0.806. The second-order valence-electron chi connectivity index (χ2n) is 7.31. The van der Waals surface area contributed by atoms with Gasteiger partial charge in [0.05, 0.1) is 23.2 Å². The van der Waals surface area contributed by atoms with Crippen LogP contribution >= 0.6 is 11.6 Å². The lowest BCUT2D eigenvalue weighted by atomic mass is 10.1. The van der Waals surface area contributed by atoms with Crippen molar-refractivity contribution < 1.29 is 22.7 Å². The van der Waals surface area contributed by atoms with Gasteiger partial charge < -0.3 is 10.1 Å². The average Bonchev–Trinajstić information content (AvgIpc) is 2.65. The lowest BCUT2D eigenvalue weighted by Crippen LogP contribution is -2.50. The molecule has 0 aromatic heterocycles. The predicted octanol–water partition coefficient (Wildman–Crippen LogP) is 3.48. The molecule has 2 aliphatic heterocycles. The van der Waals surface area contributed by atoms with E-state index in [2.05, 4.69) is 10.2 Å². The third-order valence-electron chi connectivity index (χ3n) is 5.12. The van der Waals surface area contributed by atoms with Crippen molar-refractivity contribution in [3.63, 3.8) is 0 Å². The van der Waals surface area contributed by atoms with Crippen molar-refractivity contribution in [2.45, 2.75) is 31.5 Å². The molecule has 1 amide bonds. The third kappa shape index (κ3) is 6.07. The Morgan fingerprint density at radius 2 is 1.89 bits per heavy atom. The highest BCUT2D eigenvalue weighted by Gasteiger charge is 2.33. The second-order valence-corrected chi connectivity index (χ2v) is 7.71. The average molecular weight is 420 g/mol. The number of amides is 1. The van der Waals surface area contributed by atoms with E-state index in [0.717, 1.165) is 64.3 Å². The largest absolute Gasteiger partial charge is 0.417 e. The molecule has 2 heterocycles. The van der Waals surface area contributed by atoms with Crippen molar-refractivity contribution >= 4 is 23.2 Å². The maximum atomic E-state index is 12.9. The summed E-state index contributed by atoms with van der Waals surface area (Å²) in [5.41, 5.74) is -0.861. The van der Waals surface area contributed by atoms with E-state index in [0.29, 0.717) is 6.10 Å². The van der Waals surface area contributed by atoms with Gasteiger partial charge in [-0.3, -0.25) is 14.6 Å². The second kappa shape index (κ2) is 9.43. The number of halogens is 4. The van der Waals surface area contributed by atoms with Crippen LogP contribution in [-0.4, -0.2) is 67.7 Å². The third-order valence-corrected chi connectivity index (χ3v) is 5.45. The van der Waals surface area contributed by atoms with Crippen LogP contribution in [0.15, 0.2) is 18.2 Å². The number of piperazine rings is 1. The molecule has 1 atom stereocenters. The van der Waals surface area contributed by atoms with Crippen LogP contribution in [-0.2, 0) is 15.7 Å². The predicted molar refractivity (Wildman–Crippen MR) is 102 cm³/mol. The summed E-state index contributed by atoms with van der Waals surface area (Å²) in [7, 11) is 0. The molecule has 2 aliphatic rings. The number of anilines is 1. The zero-order chi connectivity index (χ0) is 20.1. The first-order valence-electron chi connectivity index (χ1n) is 9.54. The van der Waals surface area contributed by atoms with E-state index in [-0.39, 0.29) is 23.2 Å². The van der Waals surface area contributed by atoms with Gasteiger partial charge in [0.25, 0.3) is 0 Å². The first-order valence-corrected chi connectivity index (χ1v) is 9.92. The van der Waals surface area contributed by atoms with Gasteiger partial charge in [0.2, 0.25) is 5.91 Å². The Balaban J connectivity index is 1.44. The number of nitrogens with one attached hydrogen (secondary N) is 1. The smallest absolute Gasteiger partial charge is 0.377 e. The van der Waals surface area contributed by atoms with Gasteiger partial charge >= 0.3 is 6.18 Å². The molecule has 0 saturated carbocycles. The van der Waals surface area contributed by atoms with Crippen molar-refractivity contribution in [1.29, 1.82) is 0 Å². The zero-order valence-electron chi connectivity index (χ0n) is 15.6. The number of benzene rings is 1. The van der Waals surface area contributed by atoms with Gasteiger partial charge in [0.1, 0.15) is 0 Å². The van der Waals surface area contributed by atoms with Crippen molar-refractivity contribution in [2.24, 2.45) is 0 Å². The summed E-state index contributed by atoms with van der Waals surface area (Å²) in [4.78, 5) is 16.6. The van der Waals surface area contributed by atoms with E-state index in [1.807, 2.05) is 4.90 Å². The summed E-state index contributed by atoms with van der Waals surface area (Å²) in [6, 6.07) is 3.38. The summed E-state index contributed by atoms with van der Waals surface area (Å²) >= 11 is 5.60. The highest BCUT2D eigenvalue weighted by molar-refractivity contribution is 6.31. The quantitative estimate of drug-likeness (QED) is 0.793. The Morgan fingerprint density at radius 1 is 1.18 bits per heavy atom. The van der Waals surface area contributed by atoms with Gasteiger partial charge in [0, 0.05) is 45.0 Å². The Morgan fingerprint density at radius 3 is 2.54 bits per heavy atom. The van der Waals surface area contributed by atoms with Gasteiger partial charge in [-0.15, -0.1) is 0 Å². The standard InChI is InChI=1S/C19H25ClF3N3O2/c20-17-5-4-14(11-16(17)19(21,22)23)24-18(27)13-26-8-6-25(7-9-26)12-15-3-1-2-10-28-15/h4-5,11,15H,1-3,6-10,12-13H2,(H,24,27)/t15-/m0/s1. The summed E-state index contributed by atoms with van der Waals surface area (Å²) in [5.74, 6) is -0.334. The highest BCUT2D eigenvalue weighted by atomic mass is 35.5. The molecule has 2 saturated heterocycles. The number of carbonyl (C=O) groups is 1. The van der Waals surface area contributed by atoms with Gasteiger partial charge in [-0.05, 0) is 37.5 Å². The fourth-order valence-electron chi connectivity index (χ4n) is 3.59. The first-order chi connectivity index (χ1) is 13.3. The molecule has 0 unspecified atom stereocenters. The molecule has 9 heteroatoms. The minimum Gasteiger partial charge on any atom is -0.377 e. The number of ether oxygens (including phenoxy) is 1. The number of rotatable bonds is 5. The Hall–Kier alpha value is -1.35. The van der Waals surface area contributed by atoms with E-state index < -0.39 is 11.7 Å². The maximum absolute atomic E-state index is 12.9. The van der Waals surface area contributed by atoms with Gasteiger partial charge in [-0.2, -0.15) is 13.2 Å². The Labute approximate surface area is 167 Å². The van der Waals surface area contributed by atoms with Crippen LogP contribution in [0.25, 0.3) is 0 Å². The molecular weight excluding hydrogens is 395 g/mol. The topological polar surface area (TPSA) is 44.8 Å². The van der Waals surface area contributed by atoms with Crippen LogP contribution in [0.3, 0.4) is 0 Å². The SMILES string of the molecule is O=C(CN1CCN(C[C@@H]2CCCCO2)CC1)Nc1ccc(Cl)c(C(F)(F)F)c1. The van der Waals surface area contributed by atoms with Gasteiger partial charge in [0.15, 0.2) is 0 Å². The van der Waals surface area contributed by atoms with Crippen molar-refractivity contribution in [2.75, 3.05) is 51.2 Å². The molecule has 28 heavy (non-hydrogen) atoms. The minimum atomic E-state index is -4.56. The molecule has 0 spiro atoms. The van der Waals surface area contributed by atoms with E-state index >= 15 is 0 Å². The number of hydrogen-bond donors (Lipinski definition) is 1. The fourth-order valence-corrected chi connectivity index (χ4v) is 3.82. The molecule has 0 radical (unpaired) electrons. The summed E-state index contributed by atoms with van der Waals surface area (Å²) in [5, 5.41) is 2.15. The molecular formula is C19H25ClF3N3O2. The monoisotopic (exact) mass is 419 g/mol. The van der Waals surface area contributed by atoms with E-state index in [9.17, 15) is 18.0 Å². The molecule has 0 bridgehead atoms. The van der Waals surface area contributed by atoms with E-state index in [4.69, 9.17) is 16.3 Å². The first kappa shape index (κ1) is 21.4.